The van der Waals surface area contributed by atoms with E-state index in [0.29, 0.717) is 5.91 Å². The Kier molecular flexibility index (Phi) is 3.53. The zero-order valence-electron chi connectivity index (χ0n) is 10.2. The summed E-state index contributed by atoms with van der Waals surface area (Å²) in [5.41, 5.74) is -0.0856. The minimum Gasteiger partial charge on any atom is -0.394 e. The van der Waals surface area contributed by atoms with Gasteiger partial charge in [0, 0.05) is 12.0 Å². The average Bonchev–Trinajstić information content (AvgIpc) is 2.97. The Hall–Kier alpha value is -0.570. The lowest BCUT2D eigenvalue weighted by atomic mass is 9.81. The van der Waals surface area contributed by atoms with Crippen LogP contribution in [0.3, 0.4) is 0 Å². The van der Waals surface area contributed by atoms with E-state index in [1.54, 1.807) is 0 Å². The van der Waals surface area contributed by atoms with Crippen molar-refractivity contribution in [2.45, 2.75) is 57.9 Å². The van der Waals surface area contributed by atoms with Crippen LogP contribution in [0, 0.1) is 5.41 Å². The van der Waals surface area contributed by atoms with Crippen LogP contribution < -0.4 is 0 Å². The highest BCUT2D eigenvalue weighted by Gasteiger charge is 2.44. The Balaban J connectivity index is 2.10. The van der Waals surface area contributed by atoms with Gasteiger partial charge in [0.25, 0.3) is 0 Å². The van der Waals surface area contributed by atoms with E-state index in [9.17, 15) is 9.90 Å². The fraction of sp³-hybridized carbons (Fsp3) is 0.923. The van der Waals surface area contributed by atoms with Crippen molar-refractivity contribution in [2.24, 2.45) is 5.41 Å². The highest BCUT2D eigenvalue weighted by atomic mass is 16.3. The number of rotatable bonds is 3. The van der Waals surface area contributed by atoms with Crippen molar-refractivity contribution < 1.29 is 9.90 Å². The molecule has 1 heterocycles. The number of likely N-dealkylation sites (tertiary alicyclic amines) is 1. The van der Waals surface area contributed by atoms with Gasteiger partial charge in [0.05, 0.1) is 12.6 Å². The van der Waals surface area contributed by atoms with Crippen LogP contribution in [0.1, 0.15) is 51.9 Å². The van der Waals surface area contributed by atoms with E-state index in [2.05, 4.69) is 6.92 Å². The average molecular weight is 225 g/mol. The molecule has 1 aliphatic heterocycles. The molecule has 0 aromatic heterocycles. The number of carbonyl (C=O) groups excluding carboxylic acids is 1. The molecule has 3 heteroatoms. The van der Waals surface area contributed by atoms with Gasteiger partial charge >= 0.3 is 0 Å². The quantitative estimate of drug-likeness (QED) is 0.797. The van der Waals surface area contributed by atoms with Gasteiger partial charge < -0.3 is 10.0 Å². The molecule has 16 heavy (non-hydrogen) atoms. The highest BCUT2D eigenvalue weighted by molar-refractivity contribution is 5.83. The number of hydrogen-bond acceptors (Lipinski definition) is 2. The summed E-state index contributed by atoms with van der Waals surface area (Å²) in [6.45, 7) is 3.12. The van der Waals surface area contributed by atoms with E-state index in [-0.39, 0.29) is 18.1 Å². The van der Waals surface area contributed by atoms with E-state index in [1.165, 1.54) is 12.8 Å². The molecule has 0 spiro atoms. The van der Waals surface area contributed by atoms with E-state index in [0.717, 1.165) is 38.6 Å². The Morgan fingerprint density at radius 2 is 2.06 bits per heavy atom. The summed E-state index contributed by atoms with van der Waals surface area (Å²) < 4.78 is 0. The Labute approximate surface area is 97.8 Å². The van der Waals surface area contributed by atoms with Crippen molar-refractivity contribution in [2.75, 3.05) is 13.2 Å². The summed E-state index contributed by atoms with van der Waals surface area (Å²) >= 11 is 0. The first-order valence-corrected chi connectivity index (χ1v) is 6.65. The molecule has 2 aliphatic rings. The standard InChI is InChI=1S/C13H23NO2/c1-2-13(7-3-4-8-13)12(16)14-9-5-6-11(14)10-15/h11,15H,2-10H2,1H3. The van der Waals surface area contributed by atoms with Gasteiger partial charge in [0.15, 0.2) is 0 Å². The number of amides is 1. The number of hydrogen-bond donors (Lipinski definition) is 1. The van der Waals surface area contributed by atoms with Gasteiger partial charge in [-0.05, 0) is 32.1 Å². The molecular formula is C13H23NO2. The number of carbonyl (C=O) groups is 1. The van der Waals surface area contributed by atoms with Crippen LogP contribution in [0.25, 0.3) is 0 Å². The highest BCUT2D eigenvalue weighted by Crippen LogP contribution is 2.43. The van der Waals surface area contributed by atoms with Crippen LogP contribution in [-0.2, 0) is 4.79 Å². The van der Waals surface area contributed by atoms with Crippen molar-refractivity contribution in [3.8, 4) is 0 Å². The minimum atomic E-state index is -0.0856. The fourth-order valence-electron chi connectivity index (χ4n) is 3.37. The molecule has 1 aliphatic carbocycles. The van der Waals surface area contributed by atoms with Gasteiger partial charge in [-0.15, -0.1) is 0 Å². The fourth-order valence-corrected chi connectivity index (χ4v) is 3.37. The Morgan fingerprint density at radius 3 is 2.62 bits per heavy atom. The van der Waals surface area contributed by atoms with Gasteiger partial charge in [0.1, 0.15) is 0 Å². The molecule has 1 saturated heterocycles. The molecule has 1 N–H and O–H groups in total. The van der Waals surface area contributed by atoms with Crippen molar-refractivity contribution in [3.63, 3.8) is 0 Å². The maximum atomic E-state index is 12.6. The smallest absolute Gasteiger partial charge is 0.229 e. The summed E-state index contributed by atoms with van der Waals surface area (Å²) in [6.07, 6.45) is 7.47. The van der Waals surface area contributed by atoms with E-state index in [4.69, 9.17) is 0 Å². The molecule has 0 aromatic rings. The molecule has 1 amide bonds. The third-order valence-electron chi connectivity index (χ3n) is 4.54. The maximum absolute atomic E-state index is 12.6. The molecular weight excluding hydrogens is 202 g/mol. The predicted molar refractivity (Wildman–Crippen MR) is 63.0 cm³/mol. The lowest BCUT2D eigenvalue weighted by molar-refractivity contribution is -0.143. The second kappa shape index (κ2) is 4.74. The van der Waals surface area contributed by atoms with Crippen molar-refractivity contribution in [1.82, 2.24) is 4.90 Å². The topological polar surface area (TPSA) is 40.5 Å². The molecule has 0 radical (unpaired) electrons. The van der Waals surface area contributed by atoms with Crippen LogP contribution >= 0.6 is 0 Å². The van der Waals surface area contributed by atoms with E-state index >= 15 is 0 Å². The second-order valence-electron chi connectivity index (χ2n) is 5.32. The van der Waals surface area contributed by atoms with Crippen LogP contribution in [0.2, 0.25) is 0 Å². The van der Waals surface area contributed by atoms with Crippen LogP contribution in [0.5, 0.6) is 0 Å². The Bertz CT molecular complexity index is 259. The largest absolute Gasteiger partial charge is 0.394 e. The third kappa shape index (κ3) is 1.86. The number of aliphatic hydroxyl groups excluding tert-OH is 1. The van der Waals surface area contributed by atoms with Gasteiger partial charge in [0.2, 0.25) is 5.91 Å². The first-order chi connectivity index (χ1) is 7.73. The SMILES string of the molecule is CCC1(C(=O)N2CCCC2CO)CCCC1. The normalized spacial score (nSPS) is 28.6. The molecule has 1 atom stereocenters. The lowest BCUT2D eigenvalue weighted by Crippen LogP contribution is -2.46. The summed E-state index contributed by atoms with van der Waals surface area (Å²) in [7, 11) is 0. The molecule has 0 aromatic carbocycles. The summed E-state index contributed by atoms with van der Waals surface area (Å²) in [5.74, 6) is 0.323. The first-order valence-electron chi connectivity index (χ1n) is 6.65. The molecule has 1 unspecified atom stereocenters. The van der Waals surface area contributed by atoms with Crippen LogP contribution in [0.15, 0.2) is 0 Å². The van der Waals surface area contributed by atoms with E-state index < -0.39 is 0 Å². The maximum Gasteiger partial charge on any atom is 0.229 e. The third-order valence-corrected chi connectivity index (χ3v) is 4.54. The van der Waals surface area contributed by atoms with Crippen LogP contribution in [0.4, 0.5) is 0 Å². The Morgan fingerprint density at radius 1 is 1.38 bits per heavy atom. The summed E-state index contributed by atoms with van der Waals surface area (Å²) in [4.78, 5) is 14.5. The predicted octanol–water partition coefficient (Wildman–Crippen LogP) is 1.94. The van der Waals surface area contributed by atoms with Crippen molar-refractivity contribution in [1.29, 1.82) is 0 Å². The molecule has 92 valence electrons. The van der Waals surface area contributed by atoms with Crippen molar-refractivity contribution in [3.05, 3.63) is 0 Å². The molecule has 2 fully saturated rings. The zero-order valence-corrected chi connectivity index (χ0v) is 10.2. The second-order valence-corrected chi connectivity index (χ2v) is 5.32. The minimum absolute atomic E-state index is 0.0856. The first kappa shape index (κ1) is 11.9. The van der Waals surface area contributed by atoms with Gasteiger partial charge in [-0.3, -0.25) is 4.79 Å². The summed E-state index contributed by atoms with van der Waals surface area (Å²) in [5, 5.41) is 9.29. The van der Waals surface area contributed by atoms with Gasteiger partial charge in [-0.2, -0.15) is 0 Å². The number of aliphatic hydroxyl groups is 1. The molecule has 0 bridgehead atoms. The number of nitrogens with zero attached hydrogens (tertiary/aromatic N) is 1. The summed E-state index contributed by atoms with van der Waals surface area (Å²) in [6, 6.07) is 0.0940. The van der Waals surface area contributed by atoms with Gasteiger partial charge in [-0.25, -0.2) is 0 Å². The van der Waals surface area contributed by atoms with Crippen LogP contribution in [-0.4, -0.2) is 35.1 Å². The van der Waals surface area contributed by atoms with Gasteiger partial charge in [-0.1, -0.05) is 19.8 Å². The zero-order chi connectivity index (χ0) is 11.6. The van der Waals surface area contributed by atoms with Crippen molar-refractivity contribution >= 4 is 5.91 Å². The lowest BCUT2D eigenvalue weighted by Gasteiger charge is -2.34. The monoisotopic (exact) mass is 225 g/mol. The molecule has 2 rings (SSSR count). The van der Waals surface area contributed by atoms with E-state index in [1.807, 2.05) is 4.90 Å². The molecule has 1 saturated carbocycles. The molecule has 3 nitrogen and oxygen atoms in total.